The van der Waals surface area contributed by atoms with Gasteiger partial charge in [-0.3, -0.25) is 14.4 Å². The molecule has 0 aliphatic carbocycles. The number of carbonyl (C=O) groups is 3. The summed E-state index contributed by atoms with van der Waals surface area (Å²) in [5.74, 6) is -1.92. The maximum Gasteiger partial charge on any atom is 0.251 e. The molecule has 4 heteroatoms. The van der Waals surface area contributed by atoms with E-state index in [4.69, 9.17) is 0 Å². The van der Waals surface area contributed by atoms with Gasteiger partial charge >= 0.3 is 0 Å². The zero-order valence-corrected chi connectivity index (χ0v) is 14.7. The van der Waals surface area contributed by atoms with E-state index in [1.165, 1.54) is 0 Å². The van der Waals surface area contributed by atoms with Crippen molar-refractivity contribution in [1.82, 2.24) is 5.32 Å². The molecule has 0 heterocycles. The molecule has 0 saturated heterocycles. The summed E-state index contributed by atoms with van der Waals surface area (Å²) in [6, 6.07) is 26.0. The fraction of sp³-hybridized carbons (Fsp3) is 0.0870. The van der Waals surface area contributed by atoms with E-state index in [9.17, 15) is 14.4 Å². The maximum absolute atomic E-state index is 12.9. The van der Waals surface area contributed by atoms with Gasteiger partial charge in [0, 0.05) is 23.2 Å². The number of benzene rings is 3. The smallest absolute Gasteiger partial charge is 0.251 e. The molecule has 3 aromatic rings. The van der Waals surface area contributed by atoms with Crippen LogP contribution in [0.1, 0.15) is 31.1 Å². The molecule has 0 aliphatic rings. The molecule has 27 heavy (non-hydrogen) atoms. The van der Waals surface area contributed by atoms with Gasteiger partial charge in [-0.1, -0.05) is 78.9 Å². The van der Waals surface area contributed by atoms with Gasteiger partial charge in [0.15, 0.2) is 11.6 Å². The zero-order valence-electron chi connectivity index (χ0n) is 14.7. The van der Waals surface area contributed by atoms with Crippen molar-refractivity contribution in [3.63, 3.8) is 0 Å². The molecule has 0 fully saturated rings. The van der Waals surface area contributed by atoms with Crippen LogP contribution in [-0.4, -0.2) is 24.0 Å². The lowest BCUT2D eigenvalue weighted by molar-refractivity contribution is 0.0798. The maximum atomic E-state index is 12.9. The predicted molar refractivity (Wildman–Crippen MR) is 104 cm³/mol. The lowest BCUT2D eigenvalue weighted by atomic mass is 9.90. The van der Waals surface area contributed by atoms with Crippen molar-refractivity contribution in [3.8, 4) is 0 Å². The number of carbonyl (C=O) groups excluding carboxylic acids is 3. The Balaban J connectivity index is 1.82. The minimum Gasteiger partial charge on any atom is -0.351 e. The highest BCUT2D eigenvalue weighted by molar-refractivity contribution is 6.16. The summed E-state index contributed by atoms with van der Waals surface area (Å²) in [6.45, 7) is -0.0603. The van der Waals surface area contributed by atoms with Crippen molar-refractivity contribution in [2.45, 2.75) is 0 Å². The third-order valence-corrected chi connectivity index (χ3v) is 4.25. The van der Waals surface area contributed by atoms with Gasteiger partial charge in [-0.2, -0.15) is 0 Å². The third-order valence-electron chi connectivity index (χ3n) is 4.25. The SMILES string of the molecule is O=C(NCC(C(=O)c1ccccc1)C(=O)c1ccccc1)c1ccccc1. The largest absolute Gasteiger partial charge is 0.351 e. The van der Waals surface area contributed by atoms with Gasteiger partial charge in [-0.05, 0) is 12.1 Å². The molecule has 1 N–H and O–H groups in total. The van der Waals surface area contributed by atoms with Crippen LogP contribution in [0.4, 0.5) is 0 Å². The number of hydrogen-bond donors (Lipinski definition) is 1. The van der Waals surface area contributed by atoms with Crippen LogP contribution >= 0.6 is 0 Å². The van der Waals surface area contributed by atoms with Gasteiger partial charge in [0.2, 0.25) is 0 Å². The average molecular weight is 357 g/mol. The first kappa shape index (κ1) is 18.3. The molecule has 1 amide bonds. The van der Waals surface area contributed by atoms with Crippen LogP contribution in [0.5, 0.6) is 0 Å². The molecule has 0 radical (unpaired) electrons. The molecule has 0 bridgehead atoms. The van der Waals surface area contributed by atoms with Gasteiger partial charge in [-0.15, -0.1) is 0 Å². The number of amides is 1. The second-order valence-electron chi connectivity index (χ2n) is 6.09. The third kappa shape index (κ3) is 4.55. The van der Waals surface area contributed by atoms with Gasteiger partial charge in [0.25, 0.3) is 5.91 Å². The number of ketones is 2. The molecular formula is C23H19NO3. The van der Waals surface area contributed by atoms with Crippen LogP contribution in [0.2, 0.25) is 0 Å². The first-order chi connectivity index (χ1) is 13.2. The van der Waals surface area contributed by atoms with Crippen LogP contribution in [0.25, 0.3) is 0 Å². The van der Waals surface area contributed by atoms with Crippen molar-refractivity contribution >= 4 is 17.5 Å². The van der Waals surface area contributed by atoms with Crippen LogP contribution in [-0.2, 0) is 0 Å². The lowest BCUT2D eigenvalue weighted by Crippen LogP contribution is -2.37. The van der Waals surface area contributed by atoms with Gasteiger partial charge in [0.05, 0.1) is 0 Å². The summed E-state index contributed by atoms with van der Waals surface area (Å²) >= 11 is 0. The molecule has 0 spiro atoms. The first-order valence-electron chi connectivity index (χ1n) is 8.68. The molecule has 0 atom stereocenters. The highest BCUT2D eigenvalue weighted by Crippen LogP contribution is 2.15. The van der Waals surface area contributed by atoms with Crippen molar-refractivity contribution in [2.24, 2.45) is 5.92 Å². The predicted octanol–water partition coefficient (Wildman–Crippen LogP) is 3.80. The first-order valence-corrected chi connectivity index (χ1v) is 8.68. The van der Waals surface area contributed by atoms with E-state index >= 15 is 0 Å². The van der Waals surface area contributed by atoms with E-state index in [0.29, 0.717) is 16.7 Å². The standard InChI is InChI=1S/C23H19NO3/c25-21(17-10-4-1-5-11-17)20(22(26)18-12-6-2-7-13-18)16-24-23(27)19-14-8-3-9-15-19/h1-15,20H,16H2,(H,24,27). The second kappa shape index (κ2) is 8.72. The topological polar surface area (TPSA) is 63.2 Å². The lowest BCUT2D eigenvalue weighted by Gasteiger charge is -2.16. The Morgan fingerprint density at radius 3 is 1.37 bits per heavy atom. The van der Waals surface area contributed by atoms with Gasteiger partial charge < -0.3 is 5.32 Å². The Kier molecular flexibility index (Phi) is 5.90. The molecule has 4 nitrogen and oxygen atoms in total. The average Bonchev–Trinajstić information content (AvgIpc) is 2.75. The Hall–Kier alpha value is -3.53. The quantitative estimate of drug-likeness (QED) is 0.517. The van der Waals surface area contributed by atoms with Crippen LogP contribution in [0.3, 0.4) is 0 Å². The minimum absolute atomic E-state index is 0.0603. The van der Waals surface area contributed by atoms with E-state index in [1.54, 1.807) is 72.8 Å². The Labute approximate surface area is 157 Å². The van der Waals surface area contributed by atoms with Crippen molar-refractivity contribution < 1.29 is 14.4 Å². The molecular weight excluding hydrogens is 338 g/mol. The van der Waals surface area contributed by atoms with Crippen LogP contribution < -0.4 is 5.32 Å². The second-order valence-corrected chi connectivity index (χ2v) is 6.09. The summed E-state index contributed by atoms with van der Waals surface area (Å²) in [4.78, 5) is 38.2. The van der Waals surface area contributed by atoms with Gasteiger partial charge in [-0.25, -0.2) is 0 Å². The molecule has 0 unspecified atom stereocenters. The molecule has 3 aromatic carbocycles. The fourth-order valence-electron chi connectivity index (χ4n) is 2.80. The van der Waals surface area contributed by atoms with Crippen LogP contribution in [0, 0.1) is 5.92 Å². The molecule has 0 aromatic heterocycles. The van der Waals surface area contributed by atoms with Crippen LogP contribution in [0.15, 0.2) is 91.0 Å². The Bertz CT molecular complexity index is 870. The molecule has 0 aliphatic heterocycles. The highest BCUT2D eigenvalue weighted by atomic mass is 16.2. The summed E-state index contributed by atoms with van der Waals surface area (Å²) in [5.41, 5.74) is 1.37. The number of Topliss-reactive ketones (excluding diaryl/α,β-unsaturated/α-hetero) is 2. The van der Waals surface area contributed by atoms with E-state index in [1.807, 2.05) is 18.2 Å². The van der Waals surface area contributed by atoms with Crippen molar-refractivity contribution in [3.05, 3.63) is 108 Å². The number of nitrogens with one attached hydrogen (secondary N) is 1. The van der Waals surface area contributed by atoms with Gasteiger partial charge in [0.1, 0.15) is 5.92 Å². The summed E-state index contributed by atoms with van der Waals surface area (Å²) in [6.07, 6.45) is 0. The summed E-state index contributed by atoms with van der Waals surface area (Å²) < 4.78 is 0. The van der Waals surface area contributed by atoms with E-state index in [0.717, 1.165) is 0 Å². The number of hydrogen-bond acceptors (Lipinski definition) is 3. The summed E-state index contributed by atoms with van der Waals surface area (Å²) in [5, 5.41) is 2.72. The molecule has 3 rings (SSSR count). The molecule has 134 valence electrons. The monoisotopic (exact) mass is 357 g/mol. The zero-order chi connectivity index (χ0) is 19.1. The Morgan fingerprint density at radius 1 is 0.593 bits per heavy atom. The summed E-state index contributed by atoms with van der Waals surface area (Å²) in [7, 11) is 0. The number of rotatable bonds is 7. The van der Waals surface area contributed by atoms with E-state index in [2.05, 4.69) is 5.32 Å². The van der Waals surface area contributed by atoms with Crippen molar-refractivity contribution in [1.29, 1.82) is 0 Å². The highest BCUT2D eigenvalue weighted by Gasteiger charge is 2.29. The fourth-order valence-corrected chi connectivity index (χ4v) is 2.80. The van der Waals surface area contributed by atoms with Crippen molar-refractivity contribution in [2.75, 3.05) is 6.54 Å². The normalized spacial score (nSPS) is 10.4. The Morgan fingerprint density at radius 2 is 0.963 bits per heavy atom. The van der Waals surface area contributed by atoms with E-state index < -0.39 is 5.92 Å². The molecule has 0 saturated carbocycles. The minimum atomic E-state index is -0.984. The van der Waals surface area contributed by atoms with E-state index in [-0.39, 0.29) is 24.0 Å².